The SMILES string of the molecule is COc1cccc(Oc2ccc(C)cc2CNC(C)C)c1. The fourth-order valence-corrected chi connectivity index (χ4v) is 2.05. The summed E-state index contributed by atoms with van der Waals surface area (Å²) in [7, 11) is 1.66. The van der Waals surface area contributed by atoms with Crippen LogP contribution in [-0.4, -0.2) is 13.2 Å². The second-order valence-electron chi connectivity index (χ2n) is 5.43. The molecule has 0 aliphatic heterocycles. The summed E-state index contributed by atoms with van der Waals surface area (Å²) in [5, 5.41) is 3.43. The highest BCUT2D eigenvalue weighted by Crippen LogP contribution is 2.28. The minimum atomic E-state index is 0.440. The van der Waals surface area contributed by atoms with E-state index in [1.807, 2.05) is 30.3 Å². The molecule has 0 radical (unpaired) electrons. The van der Waals surface area contributed by atoms with Crippen LogP contribution >= 0.6 is 0 Å². The van der Waals surface area contributed by atoms with Gasteiger partial charge in [-0.25, -0.2) is 0 Å². The van der Waals surface area contributed by atoms with Crippen LogP contribution in [0.15, 0.2) is 42.5 Å². The summed E-state index contributed by atoms with van der Waals surface area (Å²) in [6.45, 7) is 7.16. The molecule has 0 spiro atoms. The molecule has 2 aromatic rings. The maximum Gasteiger partial charge on any atom is 0.131 e. The van der Waals surface area contributed by atoms with Crippen molar-refractivity contribution in [2.24, 2.45) is 0 Å². The average molecular weight is 285 g/mol. The monoisotopic (exact) mass is 285 g/mol. The fraction of sp³-hybridized carbons (Fsp3) is 0.333. The Morgan fingerprint density at radius 3 is 2.52 bits per heavy atom. The van der Waals surface area contributed by atoms with E-state index in [4.69, 9.17) is 9.47 Å². The number of hydrogen-bond acceptors (Lipinski definition) is 3. The third kappa shape index (κ3) is 4.50. The van der Waals surface area contributed by atoms with Gasteiger partial charge in [0.2, 0.25) is 0 Å². The predicted molar refractivity (Wildman–Crippen MR) is 86.2 cm³/mol. The molecule has 1 N–H and O–H groups in total. The maximum atomic E-state index is 6.02. The van der Waals surface area contributed by atoms with Crippen LogP contribution in [0.2, 0.25) is 0 Å². The van der Waals surface area contributed by atoms with E-state index in [0.717, 1.165) is 29.4 Å². The number of ether oxygens (including phenoxy) is 2. The van der Waals surface area contributed by atoms with Crippen molar-refractivity contribution in [2.45, 2.75) is 33.4 Å². The first-order valence-electron chi connectivity index (χ1n) is 7.23. The van der Waals surface area contributed by atoms with E-state index in [9.17, 15) is 0 Å². The van der Waals surface area contributed by atoms with Crippen molar-refractivity contribution >= 4 is 0 Å². The van der Waals surface area contributed by atoms with E-state index in [-0.39, 0.29) is 0 Å². The molecule has 0 saturated carbocycles. The normalized spacial score (nSPS) is 10.7. The quantitative estimate of drug-likeness (QED) is 0.858. The number of rotatable bonds is 6. The van der Waals surface area contributed by atoms with E-state index in [0.29, 0.717) is 6.04 Å². The minimum absolute atomic E-state index is 0.440. The smallest absolute Gasteiger partial charge is 0.131 e. The van der Waals surface area contributed by atoms with Crippen molar-refractivity contribution in [3.63, 3.8) is 0 Å². The second kappa shape index (κ2) is 7.14. The van der Waals surface area contributed by atoms with Gasteiger partial charge in [0.05, 0.1) is 7.11 Å². The summed E-state index contributed by atoms with van der Waals surface area (Å²) in [4.78, 5) is 0. The van der Waals surface area contributed by atoms with Crippen molar-refractivity contribution in [3.8, 4) is 17.2 Å². The van der Waals surface area contributed by atoms with Gasteiger partial charge >= 0.3 is 0 Å². The van der Waals surface area contributed by atoms with Gasteiger partial charge in [-0.3, -0.25) is 0 Å². The summed E-state index contributed by atoms with van der Waals surface area (Å²) in [6, 6.07) is 14.3. The van der Waals surface area contributed by atoms with Gasteiger partial charge in [0.15, 0.2) is 0 Å². The first-order chi connectivity index (χ1) is 10.1. The molecule has 0 aromatic heterocycles. The van der Waals surface area contributed by atoms with E-state index >= 15 is 0 Å². The maximum absolute atomic E-state index is 6.02. The molecule has 2 rings (SSSR count). The Morgan fingerprint density at radius 2 is 1.81 bits per heavy atom. The molecular formula is C18H23NO2. The first kappa shape index (κ1) is 15.4. The Kier molecular flexibility index (Phi) is 5.23. The summed E-state index contributed by atoms with van der Waals surface area (Å²) in [5.41, 5.74) is 2.39. The topological polar surface area (TPSA) is 30.5 Å². The zero-order valence-corrected chi connectivity index (χ0v) is 13.1. The zero-order valence-electron chi connectivity index (χ0n) is 13.1. The van der Waals surface area contributed by atoms with Gasteiger partial charge in [0.1, 0.15) is 17.2 Å². The number of methoxy groups -OCH3 is 1. The van der Waals surface area contributed by atoms with E-state index in [1.165, 1.54) is 5.56 Å². The Labute approximate surface area is 126 Å². The van der Waals surface area contributed by atoms with Crippen molar-refractivity contribution < 1.29 is 9.47 Å². The molecule has 3 nitrogen and oxygen atoms in total. The molecule has 0 fully saturated rings. The third-order valence-corrected chi connectivity index (χ3v) is 3.19. The van der Waals surface area contributed by atoms with Crippen molar-refractivity contribution in [3.05, 3.63) is 53.6 Å². The molecule has 112 valence electrons. The largest absolute Gasteiger partial charge is 0.497 e. The van der Waals surface area contributed by atoms with Crippen LogP contribution < -0.4 is 14.8 Å². The van der Waals surface area contributed by atoms with Gasteiger partial charge < -0.3 is 14.8 Å². The lowest BCUT2D eigenvalue weighted by Gasteiger charge is -2.14. The molecule has 21 heavy (non-hydrogen) atoms. The standard InChI is InChI=1S/C18H23NO2/c1-13(2)19-12-15-10-14(3)8-9-18(15)21-17-7-5-6-16(11-17)20-4/h5-11,13,19H,12H2,1-4H3. The molecule has 3 heteroatoms. The fourth-order valence-electron chi connectivity index (χ4n) is 2.05. The van der Waals surface area contributed by atoms with Crippen molar-refractivity contribution in [1.29, 1.82) is 0 Å². The van der Waals surface area contributed by atoms with Crippen LogP contribution in [0.25, 0.3) is 0 Å². The third-order valence-electron chi connectivity index (χ3n) is 3.19. The molecule has 0 aliphatic carbocycles. The van der Waals surface area contributed by atoms with Gasteiger partial charge in [0, 0.05) is 24.2 Å². The zero-order chi connectivity index (χ0) is 15.2. The molecular weight excluding hydrogens is 262 g/mol. The Bertz CT molecular complexity index is 594. The van der Waals surface area contributed by atoms with Crippen LogP contribution in [0.4, 0.5) is 0 Å². The first-order valence-corrected chi connectivity index (χ1v) is 7.23. The second-order valence-corrected chi connectivity index (χ2v) is 5.43. The summed E-state index contributed by atoms with van der Waals surface area (Å²) >= 11 is 0. The summed E-state index contributed by atoms with van der Waals surface area (Å²) in [6.07, 6.45) is 0. The van der Waals surface area contributed by atoms with Crippen LogP contribution in [-0.2, 0) is 6.54 Å². The van der Waals surface area contributed by atoms with Gasteiger partial charge in [-0.1, -0.05) is 37.6 Å². The Balaban J connectivity index is 2.21. The van der Waals surface area contributed by atoms with Crippen LogP contribution in [0, 0.1) is 6.92 Å². The Morgan fingerprint density at radius 1 is 1.05 bits per heavy atom. The van der Waals surface area contributed by atoms with Gasteiger partial charge in [0.25, 0.3) is 0 Å². The van der Waals surface area contributed by atoms with E-state index in [2.05, 4.69) is 38.2 Å². The lowest BCUT2D eigenvalue weighted by molar-refractivity contribution is 0.408. The number of benzene rings is 2. The Hall–Kier alpha value is -2.00. The molecule has 0 atom stereocenters. The lowest BCUT2D eigenvalue weighted by Crippen LogP contribution is -2.22. The molecule has 0 aliphatic rings. The van der Waals surface area contributed by atoms with Crippen LogP contribution in [0.1, 0.15) is 25.0 Å². The molecule has 2 aromatic carbocycles. The van der Waals surface area contributed by atoms with Crippen molar-refractivity contribution in [2.75, 3.05) is 7.11 Å². The van der Waals surface area contributed by atoms with Crippen LogP contribution in [0.3, 0.4) is 0 Å². The highest BCUT2D eigenvalue weighted by Gasteiger charge is 2.07. The minimum Gasteiger partial charge on any atom is -0.497 e. The van der Waals surface area contributed by atoms with Gasteiger partial charge in [-0.2, -0.15) is 0 Å². The lowest BCUT2D eigenvalue weighted by atomic mass is 10.1. The van der Waals surface area contributed by atoms with Crippen LogP contribution in [0.5, 0.6) is 17.2 Å². The average Bonchev–Trinajstić information content (AvgIpc) is 2.47. The number of aryl methyl sites for hydroxylation is 1. The summed E-state index contributed by atoms with van der Waals surface area (Å²) in [5.74, 6) is 2.45. The molecule has 0 bridgehead atoms. The highest BCUT2D eigenvalue weighted by molar-refractivity contribution is 5.42. The molecule has 0 saturated heterocycles. The predicted octanol–water partition coefficient (Wildman–Crippen LogP) is 4.29. The summed E-state index contributed by atoms with van der Waals surface area (Å²) < 4.78 is 11.2. The highest BCUT2D eigenvalue weighted by atomic mass is 16.5. The van der Waals surface area contributed by atoms with E-state index < -0.39 is 0 Å². The molecule has 0 heterocycles. The van der Waals surface area contributed by atoms with Gasteiger partial charge in [-0.15, -0.1) is 0 Å². The number of nitrogens with one attached hydrogen (secondary N) is 1. The van der Waals surface area contributed by atoms with Gasteiger partial charge in [-0.05, 0) is 25.1 Å². The van der Waals surface area contributed by atoms with E-state index in [1.54, 1.807) is 7.11 Å². The number of hydrogen-bond donors (Lipinski definition) is 1. The molecule has 0 unspecified atom stereocenters. The molecule has 0 amide bonds. The van der Waals surface area contributed by atoms with Crippen molar-refractivity contribution in [1.82, 2.24) is 5.32 Å².